The van der Waals surface area contributed by atoms with Crippen molar-refractivity contribution in [3.05, 3.63) is 35.4 Å². The van der Waals surface area contributed by atoms with Gasteiger partial charge in [-0.3, -0.25) is 14.5 Å². The van der Waals surface area contributed by atoms with Gasteiger partial charge in [0.2, 0.25) is 5.91 Å². The van der Waals surface area contributed by atoms with Gasteiger partial charge in [0.1, 0.15) is 6.04 Å². The molecule has 1 fully saturated rings. The van der Waals surface area contributed by atoms with Crippen molar-refractivity contribution in [1.29, 1.82) is 0 Å². The minimum Gasteiger partial charge on any atom is -0.379 e. The number of hydrogen-bond donors (Lipinski definition) is 2. The molecule has 2 amide bonds. The normalized spacial score (nSPS) is 21.8. The molecule has 0 aliphatic carbocycles. The van der Waals surface area contributed by atoms with Gasteiger partial charge in [0, 0.05) is 38.2 Å². The highest BCUT2D eigenvalue weighted by Gasteiger charge is 2.28. The Morgan fingerprint density at radius 2 is 2.09 bits per heavy atom. The van der Waals surface area contributed by atoms with Crippen molar-refractivity contribution in [3.63, 3.8) is 0 Å². The predicted molar refractivity (Wildman–Crippen MR) is 81.7 cm³/mol. The first-order valence-corrected chi connectivity index (χ1v) is 7.70. The van der Waals surface area contributed by atoms with E-state index in [1.807, 2.05) is 18.2 Å². The third-order valence-corrected chi connectivity index (χ3v) is 4.14. The van der Waals surface area contributed by atoms with Crippen LogP contribution in [0.15, 0.2) is 24.3 Å². The summed E-state index contributed by atoms with van der Waals surface area (Å²) in [5.74, 6) is -0.286. The van der Waals surface area contributed by atoms with E-state index in [1.165, 1.54) is 0 Å². The zero-order valence-electron chi connectivity index (χ0n) is 12.5. The molecule has 1 atom stereocenters. The van der Waals surface area contributed by atoms with E-state index in [9.17, 15) is 9.59 Å². The number of rotatable bonds is 4. The van der Waals surface area contributed by atoms with Crippen LogP contribution in [0.3, 0.4) is 0 Å². The molecule has 1 saturated heterocycles. The van der Waals surface area contributed by atoms with Crippen molar-refractivity contribution in [2.75, 3.05) is 39.4 Å². The molecule has 118 valence electrons. The molecule has 22 heavy (non-hydrogen) atoms. The number of ether oxygens (including phenoxy) is 1. The summed E-state index contributed by atoms with van der Waals surface area (Å²) in [6.45, 7) is 4.72. The molecule has 2 heterocycles. The van der Waals surface area contributed by atoms with E-state index in [-0.39, 0.29) is 11.8 Å². The monoisotopic (exact) mass is 303 g/mol. The summed E-state index contributed by atoms with van der Waals surface area (Å²) in [5, 5.41) is 5.69. The lowest BCUT2D eigenvalue weighted by Gasteiger charge is -2.28. The Bertz CT molecular complexity index is 555. The molecule has 2 aliphatic heterocycles. The first-order valence-electron chi connectivity index (χ1n) is 7.70. The number of carbonyl (C=O) groups is 2. The maximum atomic E-state index is 12.2. The van der Waals surface area contributed by atoms with Crippen LogP contribution >= 0.6 is 0 Å². The molecule has 6 heteroatoms. The zero-order chi connectivity index (χ0) is 15.4. The number of nitrogens with zero attached hydrogens (tertiary/aromatic N) is 1. The maximum Gasteiger partial charge on any atom is 0.252 e. The van der Waals surface area contributed by atoms with Crippen LogP contribution in [0, 0.1) is 0 Å². The van der Waals surface area contributed by atoms with Gasteiger partial charge in [0.05, 0.1) is 13.2 Å². The van der Waals surface area contributed by atoms with Crippen LogP contribution in [0.5, 0.6) is 0 Å². The Hall–Kier alpha value is -1.92. The van der Waals surface area contributed by atoms with Gasteiger partial charge in [-0.25, -0.2) is 0 Å². The van der Waals surface area contributed by atoms with Gasteiger partial charge in [0.25, 0.3) is 5.91 Å². The molecular weight excluding hydrogens is 282 g/mol. The van der Waals surface area contributed by atoms with E-state index in [0.717, 1.165) is 38.4 Å². The van der Waals surface area contributed by atoms with Crippen molar-refractivity contribution in [2.45, 2.75) is 12.5 Å². The average Bonchev–Trinajstić information content (AvgIpc) is 2.56. The number of fused-ring (bicyclic) bond motifs is 1. The van der Waals surface area contributed by atoms with Crippen molar-refractivity contribution >= 4 is 11.8 Å². The van der Waals surface area contributed by atoms with Gasteiger partial charge < -0.3 is 15.4 Å². The van der Waals surface area contributed by atoms with Gasteiger partial charge in [-0.05, 0) is 11.6 Å². The highest BCUT2D eigenvalue weighted by molar-refractivity contribution is 6.00. The molecule has 2 N–H and O–H groups in total. The molecule has 0 radical (unpaired) electrons. The summed E-state index contributed by atoms with van der Waals surface area (Å²) < 4.78 is 5.29. The third kappa shape index (κ3) is 3.45. The minimum atomic E-state index is -0.480. The summed E-state index contributed by atoms with van der Waals surface area (Å²) in [5.41, 5.74) is 1.60. The number of carbonyl (C=O) groups excluding carboxylic acids is 2. The standard InChI is InChI=1S/C16H21N3O3/c20-15-13-4-2-1-3-12(13)11-14(18-15)16(21)17-5-6-19-7-9-22-10-8-19/h1-4,14H,5-11H2,(H,17,21)(H,18,20)/t14-/m0/s1. The first-order chi connectivity index (χ1) is 10.7. The van der Waals surface area contributed by atoms with Crippen LogP contribution in [0.2, 0.25) is 0 Å². The highest BCUT2D eigenvalue weighted by atomic mass is 16.5. The maximum absolute atomic E-state index is 12.2. The molecule has 0 spiro atoms. The molecule has 0 bridgehead atoms. The number of hydrogen-bond acceptors (Lipinski definition) is 4. The van der Waals surface area contributed by atoms with Crippen LogP contribution in [-0.2, 0) is 16.0 Å². The molecule has 3 rings (SSSR count). The van der Waals surface area contributed by atoms with Gasteiger partial charge in [0.15, 0.2) is 0 Å². The molecule has 1 aromatic rings. The van der Waals surface area contributed by atoms with Crippen molar-refractivity contribution in [3.8, 4) is 0 Å². The Morgan fingerprint density at radius 3 is 2.91 bits per heavy atom. The number of benzene rings is 1. The Labute approximate surface area is 129 Å². The molecule has 2 aliphatic rings. The number of amides is 2. The van der Waals surface area contributed by atoms with Gasteiger partial charge in [-0.2, -0.15) is 0 Å². The summed E-state index contributed by atoms with van der Waals surface area (Å²) in [6.07, 6.45) is 0.547. The molecule has 6 nitrogen and oxygen atoms in total. The molecular formula is C16H21N3O3. The second-order valence-corrected chi connectivity index (χ2v) is 5.63. The summed E-state index contributed by atoms with van der Waals surface area (Å²) >= 11 is 0. The van der Waals surface area contributed by atoms with Gasteiger partial charge >= 0.3 is 0 Å². The van der Waals surface area contributed by atoms with E-state index in [1.54, 1.807) is 6.07 Å². The van der Waals surface area contributed by atoms with E-state index >= 15 is 0 Å². The Balaban J connectivity index is 1.50. The number of morpholine rings is 1. The van der Waals surface area contributed by atoms with Crippen molar-refractivity contribution < 1.29 is 14.3 Å². The SMILES string of the molecule is O=C1N[C@H](C(=O)NCCN2CCOCC2)Cc2ccccc21. The lowest BCUT2D eigenvalue weighted by molar-refractivity contribution is -0.123. The Kier molecular flexibility index (Phi) is 4.70. The summed E-state index contributed by atoms with van der Waals surface area (Å²) in [6, 6.07) is 6.94. The zero-order valence-corrected chi connectivity index (χ0v) is 12.5. The van der Waals surface area contributed by atoms with E-state index in [0.29, 0.717) is 18.5 Å². The lowest BCUT2D eigenvalue weighted by Crippen LogP contribution is -2.52. The topological polar surface area (TPSA) is 70.7 Å². The quantitative estimate of drug-likeness (QED) is 0.807. The van der Waals surface area contributed by atoms with Gasteiger partial charge in [-0.1, -0.05) is 18.2 Å². The number of nitrogens with one attached hydrogen (secondary N) is 2. The lowest BCUT2D eigenvalue weighted by atomic mass is 9.95. The molecule has 1 aromatic carbocycles. The predicted octanol–water partition coefficient (Wildman–Crippen LogP) is -0.210. The molecule has 0 aromatic heterocycles. The van der Waals surface area contributed by atoms with E-state index in [2.05, 4.69) is 15.5 Å². The fourth-order valence-corrected chi connectivity index (χ4v) is 2.87. The highest BCUT2D eigenvalue weighted by Crippen LogP contribution is 2.16. The van der Waals surface area contributed by atoms with Crippen LogP contribution in [-0.4, -0.2) is 62.1 Å². The van der Waals surface area contributed by atoms with Gasteiger partial charge in [-0.15, -0.1) is 0 Å². The van der Waals surface area contributed by atoms with Crippen LogP contribution in [0.1, 0.15) is 15.9 Å². The second kappa shape index (κ2) is 6.89. The fraction of sp³-hybridized carbons (Fsp3) is 0.500. The summed E-state index contributed by atoms with van der Waals surface area (Å²) in [4.78, 5) is 26.5. The smallest absolute Gasteiger partial charge is 0.252 e. The molecule has 0 unspecified atom stereocenters. The van der Waals surface area contributed by atoms with Crippen molar-refractivity contribution in [1.82, 2.24) is 15.5 Å². The van der Waals surface area contributed by atoms with E-state index in [4.69, 9.17) is 4.74 Å². The van der Waals surface area contributed by atoms with Crippen LogP contribution in [0.4, 0.5) is 0 Å². The fourth-order valence-electron chi connectivity index (χ4n) is 2.87. The van der Waals surface area contributed by atoms with Crippen LogP contribution < -0.4 is 10.6 Å². The Morgan fingerprint density at radius 1 is 1.32 bits per heavy atom. The first kappa shape index (κ1) is 15.0. The molecule has 0 saturated carbocycles. The third-order valence-electron chi connectivity index (χ3n) is 4.14. The minimum absolute atomic E-state index is 0.115. The second-order valence-electron chi connectivity index (χ2n) is 5.63. The average molecular weight is 303 g/mol. The van der Waals surface area contributed by atoms with E-state index < -0.39 is 6.04 Å². The summed E-state index contributed by atoms with van der Waals surface area (Å²) in [7, 11) is 0. The van der Waals surface area contributed by atoms with Crippen molar-refractivity contribution in [2.24, 2.45) is 0 Å². The largest absolute Gasteiger partial charge is 0.379 e. The van der Waals surface area contributed by atoms with Crippen LogP contribution in [0.25, 0.3) is 0 Å².